The second kappa shape index (κ2) is 6.14. The molecule has 0 heterocycles. The number of rotatable bonds is 4. The average Bonchev–Trinajstić information content (AvgIpc) is 2.35. The quantitative estimate of drug-likeness (QED) is 0.621. The smallest absolute Gasteiger partial charge is 0.144 e. The van der Waals surface area contributed by atoms with Crippen molar-refractivity contribution in [2.75, 3.05) is 11.1 Å². The number of nitrogens with two attached hydrogens (primary N) is 1. The fourth-order valence-electron chi connectivity index (χ4n) is 1.69. The number of para-hydroxylation sites is 1. The first-order valence-corrected chi connectivity index (χ1v) is 7.22. The lowest BCUT2D eigenvalue weighted by atomic mass is 10.2. The monoisotopic (exact) mass is 368 g/mol. The van der Waals surface area contributed by atoms with Gasteiger partial charge in [0.1, 0.15) is 5.75 Å². The summed E-state index contributed by atoms with van der Waals surface area (Å²) in [6.45, 7) is 3.97. The lowest BCUT2D eigenvalue weighted by molar-refractivity contribution is 0.244. The van der Waals surface area contributed by atoms with E-state index in [-0.39, 0.29) is 6.10 Å². The van der Waals surface area contributed by atoms with Crippen LogP contribution in [0.5, 0.6) is 5.75 Å². The highest BCUT2D eigenvalue weighted by Crippen LogP contribution is 2.29. The molecule has 0 spiro atoms. The standard InChI is InChI=1S/C15H17IN2O/c1-10(2)19-15-9-11(7-8-13(15)17)18-14-6-4-3-5-12(14)16/h3-10,18H,17H2,1-2H3. The van der Waals surface area contributed by atoms with E-state index in [4.69, 9.17) is 10.5 Å². The van der Waals surface area contributed by atoms with Crippen molar-refractivity contribution in [3.63, 3.8) is 0 Å². The Labute approximate surface area is 127 Å². The summed E-state index contributed by atoms with van der Waals surface area (Å²) in [5.41, 5.74) is 8.60. The summed E-state index contributed by atoms with van der Waals surface area (Å²) in [4.78, 5) is 0. The van der Waals surface area contributed by atoms with E-state index >= 15 is 0 Å². The Balaban J connectivity index is 2.24. The Morgan fingerprint density at radius 1 is 1.16 bits per heavy atom. The predicted molar refractivity (Wildman–Crippen MR) is 89.1 cm³/mol. The number of hydrogen-bond donors (Lipinski definition) is 2. The second-order valence-electron chi connectivity index (χ2n) is 4.52. The van der Waals surface area contributed by atoms with Gasteiger partial charge < -0.3 is 15.8 Å². The van der Waals surface area contributed by atoms with Gasteiger partial charge in [-0.2, -0.15) is 0 Å². The molecule has 0 aromatic heterocycles. The van der Waals surface area contributed by atoms with Crippen molar-refractivity contribution in [1.82, 2.24) is 0 Å². The molecular weight excluding hydrogens is 351 g/mol. The third-order valence-electron chi connectivity index (χ3n) is 2.53. The van der Waals surface area contributed by atoms with E-state index in [1.165, 1.54) is 3.57 Å². The van der Waals surface area contributed by atoms with Gasteiger partial charge in [-0.1, -0.05) is 12.1 Å². The van der Waals surface area contributed by atoms with Gasteiger partial charge in [-0.25, -0.2) is 0 Å². The molecule has 2 rings (SSSR count). The van der Waals surface area contributed by atoms with E-state index in [0.717, 1.165) is 11.4 Å². The molecule has 0 aliphatic carbocycles. The molecule has 0 fully saturated rings. The zero-order valence-electron chi connectivity index (χ0n) is 11.0. The van der Waals surface area contributed by atoms with Crippen LogP contribution < -0.4 is 15.8 Å². The minimum absolute atomic E-state index is 0.106. The Morgan fingerprint density at radius 3 is 2.58 bits per heavy atom. The van der Waals surface area contributed by atoms with E-state index < -0.39 is 0 Å². The summed E-state index contributed by atoms with van der Waals surface area (Å²) in [7, 11) is 0. The summed E-state index contributed by atoms with van der Waals surface area (Å²) in [5, 5.41) is 3.37. The van der Waals surface area contributed by atoms with Gasteiger partial charge in [0.2, 0.25) is 0 Å². The molecule has 0 saturated carbocycles. The molecule has 0 radical (unpaired) electrons. The lowest BCUT2D eigenvalue weighted by Crippen LogP contribution is -2.07. The molecular formula is C15H17IN2O. The minimum Gasteiger partial charge on any atom is -0.489 e. The van der Waals surface area contributed by atoms with Crippen LogP contribution in [0.15, 0.2) is 42.5 Å². The lowest BCUT2D eigenvalue weighted by Gasteiger charge is -2.14. The molecule has 0 unspecified atom stereocenters. The van der Waals surface area contributed by atoms with Gasteiger partial charge in [0.05, 0.1) is 17.5 Å². The maximum atomic E-state index is 5.91. The van der Waals surface area contributed by atoms with Crippen LogP contribution in [0, 0.1) is 3.57 Å². The Hall–Kier alpha value is -1.43. The number of nitrogen functional groups attached to an aromatic ring is 1. The van der Waals surface area contributed by atoms with E-state index in [1.807, 2.05) is 50.2 Å². The van der Waals surface area contributed by atoms with Crippen molar-refractivity contribution in [3.8, 4) is 5.75 Å². The zero-order valence-corrected chi connectivity index (χ0v) is 13.1. The summed E-state index contributed by atoms with van der Waals surface area (Å²) in [6.07, 6.45) is 0.106. The first-order chi connectivity index (χ1) is 9.06. The number of anilines is 3. The van der Waals surface area contributed by atoms with Crippen LogP contribution in [0.3, 0.4) is 0 Å². The molecule has 3 N–H and O–H groups in total. The van der Waals surface area contributed by atoms with Gasteiger partial charge in [0.25, 0.3) is 0 Å². The molecule has 0 bridgehead atoms. The normalized spacial score (nSPS) is 10.5. The summed E-state index contributed by atoms with van der Waals surface area (Å²) >= 11 is 2.30. The first-order valence-electron chi connectivity index (χ1n) is 6.14. The van der Waals surface area contributed by atoms with E-state index in [9.17, 15) is 0 Å². The molecule has 2 aromatic rings. The summed E-state index contributed by atoms with van der Waals surface area (Å²) in [5.74, 6) is 0.714. The molecule has 19 heavy (non-hydrogen) atoms. The van der Waals surface area contributed by atoms with E-state index in [1.54, 1.807) is 0 Å². The molecule has 100 valence electrons. The number of halogens is 1. The first kappa shape index (κ1) is 14.0. The Kier molecular flexibility index (Phi) is 4.52. The minimum atomic E-state index is 0.106. The Morgan fingerprint density at radius 2 is 1.89 bits per heavy atom. The van der Waals surface area contributed by atoms with E-state index in [0.29, 0.717) is 11.4 Å². The highest BCUT2D eigenvalue weighted by atomic mass is 127. The van der Waals surface area contributed by atoms with Gasteiger partial charge in [-0.05, 0) is 60.7 Å². The van der Waals surface area contributed by atoms with Crippen LogP contribution in [0.4, 0.5) is 17.1 Å². The van der Waals surface area contributed by atoms with Gasteiger partial charge in [0, 0.05) is 15.3 Å². The number of nitrogens with one attached hydrogen (secondary N) is 1. The topological polar surface area (TPSA) is 47.3 Å². The highest BCUT2D eigenvalue weighted by molar-refractivity contribution is 14.1. The molecule has 0 saturated heterocycles. The molecule has 3 nitrogen and oxygen atoms in total. The maximum absolute atomic E-state index is 5.91. The third-order valence-corrected chi connectivity index (χ3v) is 3.47. The molecule has 0 aliphatic rings. The van der Waals surface area contributed by atoms with Crippen molar-refractivity contribution in [2.24, 2.45) is 0 Å². The van der Waals surface area contributed by atoms with Gasteiger partial charge >= 0.3 is 0 Å². The molecule has 0 amide bonds. The van der Waals surface area contributed by atoms with Crippen LogP contribution in [-0.2, 0) is 0 Å². The number of benzene rings is 2. The SMILES string of the molecule is CC(C)Oc1cc(Nc2ccccc2I)ccc1N. The Bertz CT molecular complexity index is 570. The molecule has 2 aromatic carbocycles. The van der Waals surface area contributed by atoms with Gasteiger partial charge in [0.15, 0.2) is 0 Å². The third kappa shape index (κ3) is 3.76. The van der Waals surface area contributed by atoms with Crippen molar-refractivity contribution in [2.45, 2.75) is 20.0 Å². The van der Waals surface area contributed by atoms with Crippen LogP contribution in [-0.4, -0.2) is 6.10 Å². The van der Waals surface area contributed by atoms with Crippen molar-refractivity contribution >= 4 is 39.7 Å². The zero-order chi connectivity index (χ0) is 13.8. The molecule has 4 heteroatoms. The maximum Gasteiger partial charge on any atom is 0.144 e. The largest absolute Gasteiger partial charge is 0.489 e. The average molecular weight is 368 g/mol. The van der Waals surface area contributed by atoms with Crippen molar-refractivity contribution in [1.29, 1.82) is 0 Å². The number of ether oxygens (including phenoxy) is 1. The summed E-state index contributed by atoms with van der Waals surface area (Å²) < 4.78 is 6.86. The van der Waals surface area contributed by atoms with Crippen LogP contribution >= 0.6 is 22.6 Å². The second-order valence-corrected chi connectivity index (χ2v) is 5.69. The number of hydrogen-bond acceptors (Lipinski definition) is 3. The van der Waals surface area contributed by atoms with Crippen LogP contribution in [0.2, 0.25) is 0 Å². The van der Waals surface area contributed by atoms with Crippen LogP contribution in [0.1, 0.15) is 13.8 Å². The van der Waals surface area contributed by atoms with Gasteiger partial charge in [-0.15, -0.1) is 0 Å². The molecule has 0 atom stereocenters. The molecule has 0 aliphatic heterocycles. The predicted octanol–water partition coefficient (Wildman–Crippen LogP) is 4.40. The summed E-state index contributed by atoms with van der Waals surface area (Å²) in [6, 6.07) is 13.9. The van der Waals surface area contributed by atoms with Crippen LogP contribution in [0.25, 0.3) is 0 Å². The van der Waals surface area contributed by atoms with Crippen molar-refractivity contribution in [3.05, 3.63) is 46.0 Å². The van der Waals surface area contributed by atoms with E-state index in [2.05, 4.69) is 34.0 Å². The fraction of sp³-hybridized carbons (Fsp3) is 0.200. The highest BCUT2D eigenvalue weighted by Gasteiger charge is 2.05. The fourth-order valence-corrected chi connectivity index (χ4v) is 2.21. The van der Waals surface area contributed by atoms with Crippen molar-refractivity contribution < 1.29 is 4.74 Å². The van der Waals surface area contributed by atoms with Gasteiger partial charge in [-0.3, -0.25) is 0 Å².